The lowest BCUT2D eigenvalue weighted by molar-refractivity contribution is 0.0926. The molecule has 0 saturated heterocycles. The molecule has 2 nitrogen and oxygen atoms in total. The highest BCUT2D eigenvalue weighted by molar-refractivity contribution is 7.98. The molecular formula is C17H28O2S. The fourth-order valence-corrected chi connectivity index (χ4v) is 2.70. The highest BCUT2D eigenvalue weighted by Gasteiger charge is 2.20. The maximum Gasteiger partial charge on any atom is 0.125 e. The Kier molecular flexibility index (Phi) is 7.46. The van der Waals surface area contributed by atoms with Gasteiger partial charge in [-0.3, -0.25) is 0 Å². The first-order chi connectivity index (χ1) is 9.52. The molecule has 0 unspecified atom stereocenters. The van der Waals surface area contributed by atoms with Gasteiger partial charge in [0.25, 0.3) is 0 Å². The van der Waals surface area contributed by atoms with Crippen molar-refractivity contribution in [3.8, 4) is 5.75 Å². The van der Waals surface area contributed by atoms with Crippen LogP contribution in [0.25, 0.3) is 0 Å². The first kappa shape index (κ1) is 17.4. The van der Waals surface area contributed by atoms with E-state index < -0.39 is 0 Å². The van der Waals surface area contributed by atoms with Crippen molar-refractivity contribution < 1.29 is 9.84 Å². The van der Waals surface area contributed by atoms with Gasteiger partial charge >= 0.3 is 0 Å². The zero-order valence-corrected chi connectivity index (χ0v) is 14.1. The molecule has 0 heterocycles. The Morgan fingerprint density at radius 1 is 1.20 bits per heavy atom. The SMILES string of the molecule is CCCCCCC(C)(C)Oc1ccc(SC)cc1CO. The van der Waals surface area contributed by atoms with Gasteiger partial charge in [0.15, 0.2) is 0 Å². The lowest BCUT2D eigenvalue weighted by atomic mass is 9.99. The summed E-state index contributed by atoms with van der Waals surface area (Å²) in [4.78, 5) is 1.15. The monoisotopic (exact) mass is 296 g/mol. The van der Waals surface area contributed by atoms with Gasteiger partial charge in [-0.05, 0) is 51.1 Å². The van der Waals surface area contributed by atoms with Gasteiger partial charge < -0.3 is 9.84 Å². The van der Waals surface area contributed by atoms with Crippen molar-refractivity contribution in [2.24, 2.45) is 0 Å². The molecule has 0 atom stereocenters. The molecule has 0 aliphatic rings. The number of unbranched alkanes of at least 4 members (excludes halogenated alkanes) is 3. The van der Waals surface area contributed by atoms with E-state index in [1.807, 2.05) is 24.5 Å². The molecule has 0 fully saturated rings. The van der Waals surface area contributed by atoms with Crippen LogP contribution in [0.3, 0.4) is 0 Å². The molecule has 3 heteroatoms. The fraction of sp³-hybridized carbons (Fsp3) is 0.647. The van der Waals surface area contributed by atoms with Gasteiger partial charge in [-0.25, -0.2) is 0 Å². The number of rotatable bonds is 9. The smallest absolute Gasteiger partial charge is 0.125 e. The summed E-state index contributed by atoms with van der Waals surface area (Å²) in [7, 11) is 0. The summed E-state index contributed by atoms with van der Waals surface area (Å²) in [6.07, 6.45) is 8.09. The number of hydrogen-bond donors (Lipinski definition) is 1. The largest absolute Gasteiger partial charge is 0.487 e. The highest BCUT2D eigenvalue weighted by atomic mass is 32.2. The minimum Gasteiger partial charge on any atom is -0.487 e. The summed E-state index contributed by atoms with van der Waals surface area (Å²) in [5.74, 6) is 0.811. The van der Waals surface area contributed by atoms with E-state index in [2.05, 4.69) is 20.8 Å². The molecule has 0 aliphatic carbocycles. The maximum absolute atomic E-state index is 9.49. The Morgan fingerprint density at radius 3 is 2.55 bits per heavy atom. The third-order valence-corrected chi connectivity index (χ3v) is 4.18. The average molecular weight is 296 g/mol. The van der Waals surface area contributed by atoms with Crippen LogP contribution in [0.4, 0.5) is 0 Å². The maximum atomic E-state index is 9.49. The molecule has 0 bridgehead atoms. The van der Waals surface area contributed by atoms with Crippen molar-refractivity contribution in [2.45, 2.75) is 70.0 Å². The van der Waals surface area contributed by atoms with Crippen LogP contribution in [0.15, 0.2) is 23.1 Å². The van der Waals surface area contributed by atoms with Gasteiger partial charge in [0.05, 0.1) is 6.61 Å². The van der Waals surface area contributed by atoms with Crippen molar-refractivity contribution >= 4 is 11.8 Å². The third kappa shape index (κ3) is 5.76. The number of ether oxygens (including phenoxy) is 1. The molecule has 0 aromatic heterocycles. The first-order valence-electron chi connectivity index (χ1n) is 7.49. The van der Waals surface area contributed by atoms with Gasteiger partial charge in [0.1, 0.15) is 11.4 Å². The number of aliphatic hydroxyl groups is 1. The van der Waals surface area contributed by atoms with Crippen molar-refractivity contribution in [3.05, 3.63) is 23.8 Å². The Hall–Kier alpha value is -0.670. The molecule has 0 aliphatic heterocycles. The Balaban J connectivity index is 2.65. The van der Waals surface area contributed by atoms with Gasteiger partial charge in [0, 0.05) is 10.5 Å². The molecule has 0 saturated carbocycles. The van der Waals surface area contributed by atoms with Crippen molar-refractivity contribution in [1.82, 2.24) is 0 Å². The molecule has 20 heavy (non-hydrogen) atoms. The molecule has 1 rings (SSSR count). The predicted octanol–water partition coefficient (Wildman–Crippen LogP) is 5.03. The van der Waals surface area contributed by atoms with Crippen LogP contribution >= 0.6 is 11.8 Å². The van der Waals surface area contributed by atoms with Crippen molar-refractivity contribution in [1.29, 1.82) is 0 Å². The number of thioether (sulfide) groups is 1. The number of aliphatic hydroxyl groups excluding tert-OH is 1. The standard InChI is InChI=1S/C17H28O2S/c1-5-6-7-8-11-17(2,3)19-16-10-9-15(20-4)12-14(16)13-18/h9-10,12,18H,5-8,11,13H2,1-4H3. The molecular weight excluding hydrogens is 268 g/mol. The number of benzene rings is 1. The van der Waals surface area contributed by atoms with Crippen LogP contribution in [0, 0.1) is 0 Å². The van der Waals surface area contributed by atoms with E-state index in [0.717, 1.165) is 22.6 Å². The minimum absolute atomic E-state index is 0.0235. The van der Waals surface area contributed by atoms with Gasteiger partial charge in [-0.2, -0.15) is 0 Å². The topological polar surface area (TPSA) is 29.5 Å². The summed E-state index contributed by atoms with van der Waals surface area (Å²) in [6.45, 7) is 6.50. The Labute approximate surface area is 127 Å². The molecule has 0 amide bonds. The lowest BCUT2D eigenvalue weighted by Crippen LogP contribution is -2.28. The normalized spacial score (nSPS) is 11.7. The summed E-state index contributed by atoms with van der Waals surface area (Å²) in [5, 5.41) is 9.49. The van der Waals surface area contributed by atoms with E-state index in [-0.39, 0.29) is 12.2 Å². The van der Waals surface area contributed by atoms with Crippen LogP contribution in [-0.2, 0) is 6.61 Å². The van der Waals surface area contributed by atoms with E-state index in [9.17, 15) is 5.11 Å². The van der Waals surface area contributed by atoms with Crippen LogP contribution in [0.2, 0.25) is 0 Å². The van der Waals surface area contributed by atoms with Crippen LogP contribution in [0.1, 0.15) is 58.4 Å². The quantitative estimate of drug-likeness (QED) is 0.512. The minimum atomic E-state index is -0.182. The second-order valence-corrected chi connectivity index (χ2v) is 6.68. The van der Waals surface area contributed by atoms with Gasteiger partial charge in [-0.15, -0.1) is 11.8 Å². The molecule has 0 spiro atoms. The molecule has 114 valence electrons. The van der Waals surface area contributed by atoms with Crippen LogP contribution in [-0.4, -0.2) is 17.0 Å². The number of hydrogen-bond acceptors (Lipinski definition) is 3. The second-order valence-electron chi connectivity index (χ2n) is 5.80. The summed E-state index contributed by atoms with van der Waals surface area (Å²) in [5.41, 5.74) is 0.692. The van der Waals surface area contributed by atoms with Gasteiger partial charge in [0.2, 0.25) is 0 Å². The zero-order chi connectivity index (χ0) is 15.0. The second kappa shape index (κ2) is 8.58. The highest BCUT2D eigenvalue weighted by Crippen LogP contribution is 2.29. The van der Waals surface area contributed by atoms with E-state index in [0.29, 0.717) is 0 Å². The lowest BCUT2D eigenvalue weighted by Gasteiger charge is -2.28. The predicted molar refractivity (Wildman–Crippen MR) is 87.6 cm³/mol. The van der Waals surface area contributed by atoms with E-state index >= 15 is 0 Å². The van der Waals surface area contributed by atoms with Gasteiger partial charge in [-0.1, -0.05) is 26.2 Å². The molecule has 1 aromatic carbocycles. The summed E-state index contributed by atoms with van der Waals surface area (Å²) >= 11 is 1.68. The molecule has 1 N–H and O–H groups in total. The fourth-order valence-electron chi connectivity index (χ4n) is 2.23. The van der Waals surface area contributed by atoms with Crippen LogP contribution < -0.4 is 4.74 Å². The zero-order valence-electron chi connectivity index (χ0n) is 13.2. The molecule has 0 radical (unpaired) electrons. The van der Waals surface area contributed by atoms with E-state index in [1.165, 1.54) is 25.7 Å². The van der Waals surface area contributed by atoms with E-state index in [1.54, 1.807) is 11.8 Å². The summed E-state index contributed by atoms with van der Waals surface area (Å²) in [6, 6.07) is 6.03. The summed E-state index contributed by atoms with van der Waals surface area (Å²) < 4.78 is 6.13. The van der Waals surface area contributed by atoms with Crippen molar-refractivity contribution in [3.63, 3.8) is 0 Å². The Bertz CT molecular complexity index is 402. The average Bonchev–Trinajstić information content (AvgIpc) is 2.43. The third-order valence-electron chi connectivity index (χ3n) is 3.46. The van der Waals surface area contributed by atoms with E-state index in [4.69, 9.17) is 4.74 Å². The molecule has 1 aromatic rings. The first-order valence-corrected chi connectivity index (χ1v) is 8.71. The van der Waals surface area contributed by atoms with Crippen LogP contribution in [0.5, 0.6) is 5.75 Å². The van der Waals surface area contributed by atoms with Crippen molar-refractivity contribution in [2.75, 3.05) is 6.26 Å². The Morgan fingerprint density at radius 2 is 1.95 bits per heavy atom.